The van der Waals surface area contributed by atoms with Gasteiger partial charge < -0.3 is 10.1 Å². The van der Waals surface area contributed by atoms with Crippen LogP contribution in [0.25, 0.3) is 5.57 Å². The molecule has 1 aliphatic rings. The Morgan fingerprint density at radius 1 is 1.09 bits per heavy atom. The van der Waals surface area contributed by atoms with Crippen molar-refractivity contribution < 1.29 is 5.21 Å². The minimum Gasteiger partial charge on any atom is -0.410 e. The van der Waals surface area contributed by atoms with Crippen molar-refractivity contribution in [2.45, 2.75) is 19.4 Å². The first-order valence-electron chi connectivity index (χ1n) is 7.57. The lowest BCUT2D eigenvalue weighted by Gasteiger charge is -2.34. The quantitative estimate of drug-likeness (QED) is 0.520. The van der Waals surface area contributed by atoms with Crippen LogP contribution in [0.5, 0.6) is 0 Å². The molecular formula is C19H20N2O. The number of allylic oxidation sites excluding steroid dienone is 1. The van der Waals surface area contributed by atoms with Gasteiger partial charge in [-0.15, -0.1) is 0 Å². The van der Waals surface area contributed by atoms with Gasteiger partial charge >= 0.3 is 0 Å². The predicted molar refractivity (Wildman–Crippen MR) is 90.0 cm³/mol. The molecule has 0 aromatic heterocycles. The van der Waals surface area contributed by atoms with E-state index in [1.54, 1.807) is 0 Å². The SMILES string of the molecule is CCC1c2ccccc2C(/C(=N/O)c2ccccc2)=CN1C. The van der Waals surface area contributed by atoms with Gasteiger partial charge in [0.1, 0.15) is 5.71 Å². The molecule has 1 N–H and O–H groups in total. The van der Waals surface area contributed by atoms with Crippen LogP contribution in [-0.4, -0.2) is 22.9 Å². The van der Waals surface area contributed by atoms with Gasteiger partial charge in [0.15, 0.2) is 0 Å². The van der Waals surface area contributed by atoms with Crippen molar-refractivity contribution in [2.75, 3.05) is 7.05 Å². The van der Waals surface area contributed by atoms with Crippen LogP contribution in [-0.2, 0) is 0 Å². The van der Waals surface area contributed by atoms with Crippen molar-refractivity contribution >= 4 is 11.3 Å². The Morgan fingerprint density at radius 2 is 1.77 bits per heavy atom. The molecular weight excluding hydrogens is 272 g/mol. The topological polar surface area (TPSA) is 35.8 Å². The molecule has 2 aromatic carbocycles. The maximum Gasteiger partial charge on any atom is 0.119 e. The van der Waals surface area contributed by atoms with Gasteiger partial charge in [-0.05, 0) is 17.5 Å². The lowest BCUT2D eigenvalue weighted by Crippen LogP contribution is -2.26. The van der Waals surface area contributed by atoms with Crippen molar-refractivity contribution in [1.29, 1.82) is 0 Å². The molecule has 1 atom stereocenters. The van der Waals surface area contributed by atoms with Crippen LogP contribution in [0.15, 0.2) is 66.0 Å². The number of benzene rings is 2. The minimum absolute atomic E-state index is 0.357. The summed E-state index contributed by atoms with van der Waals surface area (Å²) >= 11 is 0. The van der Waals surface area contributed by atoms with E-state index in [2.05, 4.69) is 48.4 Å². The van der Waals surface area contributed by atoms with Gasteiger partial charge in [-0.2, -0.15) is 0 Å². The zero-order chi connectivity index (χ0) is 15.5. The van der Waals surface area contributed by atoms with E-state index in [-0.39, 0.29) is 0 Å². The Bertz CT molecular complexity index is 719. The molecule has 0 spiro atoms. The van der Waals surface area contributed by atoms with Crippen LogP contribution < -0.4 is 0 Å². The van der Waals surface area contributed by atoms with E-state index in [4.69, 9.17) is 0 Å². The summed E-state index contributed by atoms with van der Waals surface area (Å²) in [5, 5.41) is 13.2. The number of fused-ring (bicyclic) bond motifs is 1. The van der Waals surface area contributed by atoms with E-state index in [9.17, 15) is 5.21 Å². The Hall–Kier alpha value is -2.55. The zero-order valence-corrected chi connectivity index (χ0v) is 12.9. The van der Waals surface area contributed by atoms with Gasteiger partial charge in [-0.3, -0.25) is 0 Å². The summed E-state index contributed by atoms with van der Waals surface area (Å²) in [6.07, 6.45) is 3.12. The Balaban J connectivity index is 2.14. The highest BCUT2D eigenvalue weighted by Gasteiger charge is 2.26. The van der Waals surface area contributed by atoms with Crippen LogP contribution in [0.1, 0.15) is 36.1 Å². The van der Waals surface area contributed by atoms with Crippen LogP contribution in [0.2, 0.25) is 0 Å². The Morgan fingerprint density at radius 3 is 2.45 bits per heavy atom. The third-order valence-corrected chi connectivity index (χ3v) is 4.22. The second kappa shape index (κ2) is 6.06. The normalized spacial score (nSPS) is 17.9. The summed E-state index contributed by atoms with van der Waals surface area (Å²) in [7, 11) is 2.07. The summed E-state index contributed by atoms with van der Waals surface area (Å²) in [5.41, 5.74) is 4.89. The number of nitrogens with zero attached hydrogens (tertiary/aromatic N) is 2. The number of hydrogen-bond acceptors (Lipinski definition) is 3. The predicted octanol–water partition coefficient (Wildman–Crippen LogP) is 4.30. The highest BCUT2D eigenvalue weighted by atomic mass is 16.4. The van der Waals surface area contributed by atoms with Gasteiger partial charge in [0, 0.05) is 24.4 Å². The summed E-state index contributed by atoms with van der Waals surface area (Å²) in [6, 6.07) is 18.5. The van der Waals surface area contributed by atoms with Gasteiger partial charge in [0.05, 0.1) is 6.04 Å². The monoisotopic (exact) mass is 292 g/mol. The molecule has 3 heteroatoms. The fraction of sp³-hybridized carbons (Fsp3) is 0.211. The highest BCUT2D eigenvalue weighted by Crippen LogP contribution is 2.37. The lowest BCUT2D eigenvalue weighted by atomic mass is 9.86. The largest absolute Gasteiger partial charge is 0.410 e. The van der Waals surface area contributed by atoms with Crippen LogP contribution in [0.3, 0.4) is 0 Å². The van der Waals surface area contributed by atoms with Crippen LogP contribution in [0.4, 0.5) is 0 Å². The first-order chi connectivity index (χ1) is 10.8. The molecule has 1 heterocycles. The fourth-order valence-corrected chi connectivity index (χ4v) is 3.18. The zero-order valence-electron chi connectivity index (χ0n) is 12.9. The second-order valence-corrected chi connectivity index (χ2v) is 5.53. The van der Waals surface area contributed by atoms with Crippen molar-refractivity contribution in [3.8, 4) is 0 Å². The van der Waals surface area contributed by atoms with Gasteiger partial charge in [-0.1, -0.05) is 66.7 Å². The third kappa shape index (κ3) is 2.39. The first-order valence-corrected chi connectivity index (χ1v) is 7.57. The van der Waals surface area contributed by atoms with Crippen molar-refractivity contribution in [2.24, 2.45) is 5.16 Å². The Labute approximate surface area is 131 Å². The van der Waals surface area contributed by atoms with Gasteiger partial charge in [0.25, 0.3) is 0 Å². The molecule has 1 aliphatic heterocycles. The highest BCUT2D eigenvalue weighted by molar-refractivity contribution is 6.32. The smallest absolute Gasteiger partial charge is 0.119 e. The van der Waals surface area contributed by atoms with E-state index in [1.807, 2.05) is 36.4 Å². The van der Waals surface area contributed by atoms with E-state index >= 15 is 0 Å². The molecule has 3 rings (SSSR count). The molecule has 0 fully saturated rings. The molecule has 0 saturated heterocycles. The molecule has 3 nitrogen and oxygen atoms in total. The number of oxime groups is 1. The molecule has 2 aromatic rings. The van der Waals surface area contributed by atoms with Gasteiger partial charge in [0.2, 0.25) is 0 Å². The van der Waals surface area contributed by atoms with E-state index in [1.165, 1.54) is 5.56 Å². The molecule has 0 saturated carbocycles. The fourth-order valence-electron chi connectivity index (χ4n) is 3.18. The molecule has 0 amide bonds. The van der Waals surface area contributed by atoms with E-state index < -0.39 is 0 Å². The summed E-state index contributed by atoms with van der Waals surface area (Å²) < 4.78 is 0. The molecule has 1 unspecified atom stereocenters. The summed E-state index contributed by atoms with van der Waals surface area (Å²) in [5.74, 6) is 0. The van der Waals surface area contributed by atoms with Crippen molar-refractivity contribution in [1.82, 2.24) is 4.90 Å². The van der Waals surface area contributed by atoms with Crippen LogP contribution in [0, 0.1) is 0 Å². The number of hydrogen-bond donors (Lipinski definition) is 1. The summed E-state index contributed by atoms with van der Waals surface area (Å²) in [6.45, 7) is 2.19. The average molecular weight is 292 g/mol. The van der Waals surface area contributed by atoms with Crippen molar-refractivity contribution in [3.05, 3.63) is 77.5 Å². The van der Waals surface area contributed by atoms with Gasteiger partial charge in [-0.25, -0.2) is 0 Å². The average Bonchev–Trinajstić information content (AvgIpc) is 2.57. The molecule has 0 aliphatic carbocycles. The maximum absolute atomic E-state index is 9.60. The minimum atomic E-state index is 0.357. The van der Waals surface area contributed by atoms with E-state index in [0.717, 1.165) is 23.1 Å². The second-order valence-electron chi connectivity index (χ2n) is 5.53. The molecule has 0 radical (unpaired) electrons. The standard InChI is InChI=1S/C19H20N2O/c1-3-18-16-12-8-7-11-15(16)17(13-21(18)2)19(20-22)14-9-5-4-6-10-14/h4-13,18,22H,3H2,1-2H3/b20-19+. The third-order valence-electron chi connectivity index (χ3n) is 4.22. The van der Waals surface area contributed by atoms with E-state index in [0.29, 0.717) is 11.8 Å². The van der Waals surface area contributed by atoms with Crippen LogP contribution >= 0.6 is 0 Å². The van der Waals surface area contributed by atoms with Crippen molar-refractivity contribution in [3.63, 3.8) is 0 Å². The first kappa shape index (κ1) is 14.4. The lowest BCUT2D eigenvalue weighted by molar-refractivity contribution is 0.317. The molecule has 112 valence electrons. The summed E-state index contributed by atoms with van der Waals surface area (Å²) in [4.78, 5) is 2.20. The molecule has 22 heavy (non-hydrogen) atoms. The number of rotatable bonds is 3. The molecule has 0 bridgehead atoms. The maximum atomic E-state index is 9.60. The Kier molecular flexibility index (Phi) is 3.96.